The monoisotopic (exact) mass is 143 g/mol. The zero-order valence-corrected chi connectivity index (χ0v) is 6.64. The molecule has 1 saturated carbocycles. The fourth-order valence-electron chi connectivity index (χ4n) is 1.53. The van der Waals surface area contributed by atoms with E-state index in [-0.39, 0.29) is 0 Å². The van der Waals surface area contributed by atoms with Gasteiger partial charge in [0, 0.05) is 6.54 Å². The molecule has 2 heteroatoms. The molecule has 1 aliphatic rings. The summed E-state index contributed by atoms with van der Waals surface area (Å²) >= 11 is 0. The second-order valence-corrected chi connectivity index (χ2v) is 3.33. The van der Waals surface area contributed by atoms with Crippen LogP contribution in [0.3, 0.4) is 0 Å². The van der Waals surface area contributed by atoms with Crippen molar-refractivity contribution in [3.8, 4) is 0 Å². The fraction of sp³-hybridized carbons (Fsp3) is 1.00. The Kier molecular flexibility index (Phi) is 2.32. The summed E-state index contributed by atoms with van der Waals surface area (Å²) in [6, 6.07) is 0. The molecule has 3 N–H and O–H groups in total. The predicted molar refractivity (Wildman–Crippen MR) is 41.6 cm³/mol. The van der Waals surface area contributed by atoms with Gasteiger partial charge >= 0.3 is 0 Å². The first-order valence-corrected chi connectivity index (χ1v) is 4.15. The lowest BCUT2D eigenvalue weighted by Crippen LogP contribution is -2.39. The van der Waals surface area contributed by atoms with Crippen molar-refractivity contribution in [2.45, 2.75) is 38.2 Å². The maximum atomic E-state index is 9.83. The molecular formula is C8H17NO. The number of hydrogen-bond acceptors (Lipinski definition) is 2. The molecule has 1 atom stereocenters. The molecule has 0 radical (unpaired) electrons. The van der Waals surface area contributed by atoms with Gasteiger partial charge in [-0.3, -0.25) is 0 Å². The summed E-state index contributed by atoms with van der Waals surface area (Å²) in [4.78, 5) is 0. The van der Waals surface area contributed by atoms with Gasteiger partial charge in [0.2, 0.25) is 0 Å². The van der Waals surface area contributed by atoms with Crippen molar-refractivity contribution in [2.24, 2.45) is 11.7 Å². The van der Waals surface area contributed by atoms with E-state index in [1.54, 1.807) is 0 Å². The van der Waals surface area contributed by atoms with Gasteiger partial charge in [0.15, 0.2) is 0 Å². The van der Waals surface area contributed by atoms with Crippen LogP contribution in [0.4, 0.5) is 0 Å². The molecule has 0 saturated heterocycles. The number of aliphatic hydroxyl groups is 1. The van der Waals surface area contributed by atoms with Gasteiger partial charge in [0.1, 0.15) is 0 Å². The van der Waals surface area contributed by atoms with Gasteiger partial charge in [0.25, 0.3) is 0 Å². The van der Waals surface area contributed by atoms with Crippen molar-refractivity contribution < 1.29 is 5.11 Å². The van der Waals surface area contributed by atoms with Crippen molar-refractivity contribution in [2.75, 3.05) is 6.54 Å². The topological polar surface area (TPSA) is 46.2 Å². The van der Waals surface area contributed by atoms with Crippen molar-refractivity contribution >= 4 is 0 Å². The first kappa shape index (κ1) is 8.02. The smallest absolute Gasteiger partial charge is 0.0797 e. The van der Waals surface area contributed by atoms with Gasteiger partial charge in [-0.15, -0.1) is 0 Å². The van der Waals surface area contributed by atoms with Crippen LogP contribution in [0.25, 0.3) is 0 Å². The summed E-state index contributed by atoms with van der Waals surface area (Å²) in [5.74, 6) is 0.512. The molecule has 0 bridgehead atoms. The highest BCUT2D eigenvalue weighted by Gasteiger charge is 2.41. The molecule has 60 valence electrons. The molecule has 0 aromatic rings. The number of hydrogen-bond donors (Lipinski definition) is 2. The van der Waals surface area contributed by atoms with Crippen LogP contribution in [0.15, 0.2) is 0 Å². The van der Waals surface area contributed by atoms with Crippen LogP contribution in [0.1, 0.15) is 32.6 Å². The minimum atomic E-state index is -0.519. The Labute approximate surface area is 62.4 Å². The van der Waals surface area contributed by atoms with Gasteiger partial charge < -0.3 is 10.8 Å². The standard InChI is InChI=1S/C8H17NO/c1-2-5-8(10,6-9)7-3-4-7/h7,10H,2-6,9H2,1H3. The average Bonchev–Trinajstić information content (AvgIpc) is 2.69. The van der Waals surface area contributed by atoms with E-state index < -0.39 is 5.60 Å². The predicted octanol–water partition coefficient (Wildman–Crippen LogP) is 0.886. The van der Waals surface area contributed by atoms with Gasteiger partial charge in [-0.2, -0.15) is 0 Å². The first-order chi connectivity index (χ1) is 4.73. The molecule has 0 aromatic carbocycles. The Hall–Kier alpha value is -0.0800. The molecule has 0 amide bonds. The number of nitrogens with two attached hydrogens (primary N) is 1. The molecule has 1 rings (SSSR count). The van der Waals surface area contributed by atoms with Crippen molar-refractivity contribution in [3.05, 3.63) is 0 Å². The van der Waals surface area contributed by atoms with Crippen molar-refractivity contribution in [1.82, 2.24) is 0 Å². The van der Waals surface area contributed by atoms with Gasteiger partial charge in [0.05, 0.1) is 5.60 Å². The molecule has 1 fully saturated rings. The fourth-order valence-corrected chi connectivity index (χ4v) is 1.53. The molecule has 1 aliphatic carbocycles. The Bertz CT molecular complexity index is 112. The minimum Gasteiger partial charge on any atom is -0.388 e. The highest BCUT2D eigenvalue weighted by atomic mass is 16.3. The molecule has 2 nitrogen and oxygen atoms in total. The van der Waals surface area contributed by atoms with E-state index in [2.05, 4.69) is 6.92 Å². The van der Waals surface area contributed by atoms with Gasteiger partial charge in [-0.1, -0.05) is 13.3 Å². The van der Waals surface area contributed by atoms with E-state index in [4.69, 9.17) is 5.73 Å². The van der Waals surface area contributed by atoms with E-state index in [0.717, 1.165) is 12.8 Å². The highest BCUT2D eigenvalue weighted by Crippen LogP contribution is 2.41. The average molecular weight is 143 g/mol. The Morgan fingerprint density at radius 3 is 2.50 bits per heavy atom. The van der Waals surface area contributed by atoms with Gasteiger partial charge in [-0.25, -0.2) is 0 Å². The molecule has 0 heterocycles. The van der Waals surface area contributed by atoms with Crippen molar-refractivity contribution in [3.63, 3.8) is 0 Å². The molecule has 1 unspecified atom stereocenters. The summed E-state index contributed by atoms with van der Waals surface area (Å²) < 4.78 is 0. The SMILES string of the molecule is CCCC(O)(CN)C1CC1. The van der Waals surface area contributed by atoms with E-state index >= 15 is 0 Å². The van der Waals surface area contributed by atoms with Crippen LogP contribution in [-0.4, -0.2) is 17.3 Å². The van der Waals surface area contributed by atoms with E-state index in [9.17, 15) is 5.11 Å². The summed E-state index contributed by atoms with van der Waals surface area (Å²) in [6.45, 7) is 2.52. The summed E-state index contributed by atoms with van der Waals surface area (Å²) in [7, 11) is 0. The summed E-state index contributed by atoms with van der Waals surface area (Å²) in [6.07, 6.45) is 4.25. The third kappa shape index (κ3) is 1.50. The second-order valence-electron chi connectivity index (χ2n) is 3.33. The second kappa shape index (κ2) is 2.89. The molecule has 0 aliphatic heterocycles. The minimum absolute atomic E-state index is 0.436. The zero-order chi connectivity index (χ0) is 7.61. The van der Waals surface area contributed by atoms with Crippen LogP contribution in [-0.2, 0) is 0 Å². The maximum Gasteiger partial charge on any atom is 0.0797 e. The Morgan fingerprint density at radius 2 is 2.20 bits per heavy atom. The summed E-state index contributed by atoms with van der Waals surface area (Å²) in [5, 5.41) is 9.83. The van der Waals surface area contributed by atoms with Gasteiger partial charge in [-0.05, 0) is 25.2 Å². The number of rotatable bonds is 4. The normalized spacial score (nSPS) is 24.3. The van der Waals surface area contributed by atoms with Crippen LogP contribution in [0.2, 0.25) is 0 Å². The van der Waals surface area contributed by atoms with E-state index in [0.29, 0.717) is 12.5 Å². The Balaban J connectivity index is 2.39. The largest absolute Gasteiger partial charge is 0.388 e. The van der Waals surface area contributed by atoms with E-state index in [1.807, 2.05) is 0 Å². The maximum absolute atomic E-state index is 9.83. The van der Waals surface area contributed by atoms with Crippen LogP contribution in [0.5, 0.6) is 0 Å². The van der Waals surface area contributed by atoms with Crippen LogP contribution < -0.4 is 5.73 Å². The van der Waals surface area contributed by atoms with Crippen LogP contribution in [0, 0.1) is 5.92 Å². The summed E-state index contributed by atoms with van der Waals surface area (Å²) in [5.41, 5.74) is 4.96. The molecule has 10 heavy (non-hydrogen) atoms. The molecular weight excluding hydrogens is 126 g/mol. The quantitative estimate of drug-likeness (QED) is 0.614. The lowest BCUT2D eigenvalue weighted by atomic mass is 9.93. The third-order valence-electron chi connectivity index (χ3n) is 2.37. The first-order valence-electron chi connectivity index (χ1n) is 4.15. The highest BCUT2D eigenvalue weighted by molar-refractivity contribution is 4.94. The van der Waals surface area contributed by atoms with E-state index in [1.165, 1.54) is 12.8 Å². The lowest BCUT2D eigenvalue weighted by molar-refractivity contribution is 0.0172. The zero-order valence-electron chi connectivity index (χ0n) is 6.64. The van der Waals surface area contributed by atoms with Crippen LogP contribution >= 0.6 is 0 Å². The molecule has 0 spiro atoms. The lowest BCUT2D eigenvalue weighted by Gasteiger charge is -2.25. The van der Waals surface area contributed by atoms with Crippen molar-refractivity contribution in [1.29, 1.82) is 0 Å². The molecule has 0 aromatic heterocycles. The third-order valence-corrected chi connectivity index (χ3v) is 2.37. The Morgan fingerprint density at radius 1 is 1.60 bits per heavy atom.